The van der Waals surface area contributed by atoms with Crippen molar-refractivity contribution in [1.29, 1.82) is 0 Å². The third kappa shape index (κ3) is 3.65. The van der Waals surface area contributed by atoms with E-state index in [1.165, 1.54) is 4.31 Å². The summed E-state index contributed by atoms with van der Waals surface area (Å²) in [6.07, 6.45) is 1.01. The Morgan fingerprint density at radius 2 is 1.69 bits per heavy atom. The van der Waals surface area contributed by atoms with Gasteiger partial charge in [-0.25, -0.2) is 12.7 Å². The summed E-state index contributed by atoms with van der Waals surface area (Å²) in [6.45, 7) is 8.18. The summed E-state index contributed by atoms with van der Waals surface area (Å²) >= 11 is 0. The Labute approximate surface area is 82.2 Å². The van der Waals surface area contributed by atoms with Gasteiger partial charge in [0, 0.05) is 13.6 Å². The lowest BCUT2D eigenvalue weighted by Gasteiger charge is -2.22. The van der Waals surface area contributed by atoms with E-state index in [1.54, 1.807) is 20.9 Å². The van der Waals surface area contributed by atoms with Crippen molar-refractivity contribution in [2.24, 2.45) is 5.92 Å². The molecule has 80 valence electrons. The van der Waals surface area contributed by atoms with E-state index in [4.69, 9.17) is 0 Å². The van der Waals surface area contributed by atoms with Gasteiger partial charge in [0.2, 0.25) is 10.0 Å². The summed E-state index contributed by atoms with van der Waals surface area (Å²) in [5.74, 6) is 0.429. The minimum Gasteiger partial charge on any atom is -0.212 e. The zero-order valence-corrected chi connectivity index (χ0v) is 10.1. The van der Waals surface area contributed by atoms with Gasteiger partial charge in [-0.2, -0.15) is 0 Å². The third-order valence-corrected chi connectivity index (χ3v) is 4.51. The first kappa shape index (κ1) is 12.9. The van der Waals surface area contributed by atoms with Crippen LogP contribution in [-0.2, 0) is 10.0 Å². The van der Waals surface area contributed by atoms with Crippen LogP contribution in [0, 0.1) is 5.92 Å². The van der Waals surface area contributed by atoms with Crippen LogP contribution in [0.5, 0.6) is 0 Å². The van der Waals surface area contributed by atoms with E-state index in [-0.39, 0.29) is 5.25 Å². The number of sulfonamides is 1. The van der Waals surface area contributed by atoms with Gasteiger partial charge < -0.3 is 0 Å². The van der Waals surface area contributed by atoms with E-state index in [1.807, 2.05) is 0 Å². The molecule has 0 fully saturated rings. The second kappa shape index (κ2) is 4.96. The number of hydrogen-bond acceptors (Lipinski definition) is 2. The van der Waals surface area contributed by atoms with Crippen LogP contribution in [0.25, 0.3) is 0 Å². The predicted molar refractivity (Wildman–Crippen MR) is 56.1 cm³/mol. The highest BCUT2D eigenvalue weighted by Gasteiger charge is 2.22. The lowest BCUT2D eigenvalue weighted by molar-refractivity contribution is 0.390. The smallest absolute Gasteiger partial charge is 0.212 e. The van der Waals surface area contributed by atoms with Crippen molar-refractivity contribution >= 4 is 10.0 Å². The minimum absolute atomic E-state index is 0.318. The SMILES string of the molecule is CCC(C)CN(C)S(=O)(=O)C(C)C. The monoisotopic (exact) mass is 207 g/mol. The average molecular weight is 207 g/mol. The topological polar surface area (TPSA) is 37.4 Å². The van der Waals surface area contributed by atoms with Gasteiger partial charge in [0.05, 0.1) is 5.25 Å². The van der Waals surface area contributed by atoms with Gasteiger partial charge in [0.15, 0.2) is 0 Å². The van der Waals surface area contributed by atoms with Gasteiger partial charge in [-0.05, 0) is 19.8 Å². The molecule has 0 saturated heterocycles. The fraction of sp³-hybridized carbons (Fsp3) is 1.00. The maximum absolute atomic E-state index is 11.6. The first-order valence-corrected chi connectivity index (χ1v) is 6.27. The van der Waals surface area contributed by atoms with Crippen molar-refractivity contribution in [3.05, 3.63) is 0 Å². The quantitative estimate of drug-likeness (QED) is 0.688. The second-order valence-electron chi connectivity index (χ2n) is 3.89. The summed E-state index contributed by atoms with van der Waals surface area (Å²) in [7, 11) is -1.39. The van der Waals surface area contributed by atoms with Crippen molar-refractivity contribution in [2.75, 3.05) is 13.6 Å². The molecule has 1 unspecified atom stereocenters. The van der Waals surface area contributed by atoms with E-state index in [0.717, 1.165) is 6.42 Å². The van der Waals surface area contributed by atoms with Crippen molar-refractivity contribution in [2.45, 2.75) is 39.4 Å². The Morgan fingerprint density at radius 1 is 1.23 bits per heavy atom. The molecule has 0 aliphatic carbocycles. The molecule has 0 aliphatic rings. The van der Waals surface area contributed by atoms with E-state index >= 15 is 0 Å². The van der Waals surface area contributed by atoms with Gasteiger partial charge in [0.1, 0.15) is 0 Å². The normalized spacial score (nSPS) is 15.3. The Morgan fingerprint density at radius 3 is 2.00 bits per heavy atom. The number of rotatable bonds is 5. The Kier molecular flexibility index (Phi) is 4.92. The van der Waals surface area contributed by atoms with Gasteiger partial charge in [-0.1, -0.05) is 20.3 Å². The number of nitrogens with zero attached hydrogens (tertiary/aromatic N) is 1. The fourth-order valence-corrected chi connectivity index (χ4v) is 2.21. The molecular formula is C9H21NO2S. The lowest BCUT2D eigenvalue weighted by atomic mass is 10.1. The Hall–Kier alpha value is -0.0900. The van der Waals surface area contributed by atoms with Crippen LogP contribution in [0.3, 0.4) is 0 Å². The molecule has 0 rings (SSSR count). The van der Waals surface area contributed by atoms with Crippen molar-refractivity contribution in [1.82, 2.24) is 4.31 Å². The molecule has 4 heteroatoms. The average Bonchev–Trinajstić information content (AvgIpc) is 2.03. The van der Waals surface area contributed by atoms with E-state index in [9.17, 15) is 8.42 Å². The molecule has 0 radical (unpaired) electrons. The highest BCUT2D eigenvalue weighted by atomic mass is 32.2. The highest BCUT2D eigenvalue weighted by Crippen LogP contribution is 2.10. The summed E-state index contributed by atoms with van der Waals surface area (Å²) < 4.78 is 24.7. The maximum Gasteiger partial charge on any atom is 0.216 e. The largest absolute Gasteiger partial charge is 0.216 e. The zero-order chi connectivity index (χ0) is 10.6. The summed E-state index contributed by atoms with van der Waals surface area (Å²) in [5.41, 5.74) is 0. The van der Waals surface area contributed by atoms with Gasteiger partial charge in [0.25, 0.3) is 0 Å². The number of hydrogen-bond donors (Lipinski definition) is 0. The molecule has 0 aromatic rings. The third-order valence-electron chi connectivity index (χ3n) is 2.30. The minimum atomic E-state index is -3.05. The van der Waals surface area contributed by atoms with E-state index in [2.05, 4.69) is 13.8 Å². The first-order valence-electron chi connectivity index (χ1n) is 4.77. The standard InChI is InChI=1S/C9H21NO2S/c1-6-9(4)7-10(5)13(11,12)8(2)3/h8-9H,6-7H2,1-5H3. The molecule has 0 aromatic heterocycles. The fourth-order valence-electron chi connectivity index (χ4n) is 1.03. The molecule has 0 spiro atoms. The molecule has 0 aromatic carbocycles. The molecule has 0 bridgehead atoms. The molecule has 0 aliphatic heterocycles. The second-order valence-corrected chi connectivity index (χ2v) is 6.48. The predicted octanol–water partition coefficient (Wildman–Crippen LogP) is 1.70. The maximum atomic E-state index is 11.6. The molecule has 0 amide bonds. The Bertz CT molecular complexity index is 234. The Balaban J connectivity index is 4.35. The first-order chi connectivity index (χ1) is 5.82. The summed E-state index contributed by atoms with van der Waals surface area (Å²) in [6, 6.07) is 0. The molecule has 3 nitrogen and oxygen atoms in total. The van der Waals surface area contributed by atoms with Gasteiger partial charge in [-0.15, -0.1) is 0 Å². The molecule has 13 heavy (non-hydrogen) atoms. The van der Waals surface area contributed by atoms with Crippen LogP contribution < -0.4 is 0 Å². The molecule has 0 heterocycles. The highest BCUT2D eigenvalue weighted by molar-refractivity contribution is 7.89. The van der Waals surface area contributed by atoms with Crippen LogP contribution in [0.15, 0.2) is 0 Å². The van der Waals surface area contributed by atoms with Crippen molar-refractivity contribution in [3.8, 4) is 0 Å². The van der Waals surface area contributed by atoms with Crippen molar-refractivity contribution < 1.29 is 8.42 Å². The summed E-state index contributed by atoms with van der Waals surface area (Å²) in [4.78, 5) is 0. The van der Waals surface area contributed by atoms with Crippen LogP contribution in [0.2, 0.25) is 0 Å². The van der Waals surface area contributed by atoms with Crippen LogP contribution in [0.1, 0.15) is 34.1 Å². The van der Waals surface area contributed by atoms with E-state index in [0.29, 0.717) is 12.5 Å². The molecule has 0 saturated carbocycles. The van der Waals surface area contributed by atoms with Crippen LogP contribution in [-0.4, -0.2) is 31.6 Å². The van der Waals surface area contributed by atoms with Crippen molar-refractivity contribution in [3.63, 3.8) is 0 Å². The summed E-state index contributed by atoms with van der Waals surface area (Å²) in [5, 5.41) is -0.318. The molecule has 1 atom stereocenters. The van der Waals surface area contributed by atoms with Crippen LogP contribution >= 0.6 is 0 Å². The van der Waals surface area contributed by atoms with Gasteiger partial charge in [-0.3, -0.25) is 0 Å². The zero-order valence-electron chi connectivity index (χ0n) is 9.24. The van der Waals surface area contributed by atoms with Crippen LogP contribution in [0.4, 0.5) is 0 Å². The molecule has 0 N–H and O–H groups in total. The van der Waals surface area contributed by atoms with Gasteiger partial charge >= 0.3 is 0 Å². The van der Waals surface area contributed by atoms with E-state index < -0.39 is 10.0 Å². The molecular weight excluding hydrogens is 186 g/mol. The lowest BCUT2D eigenvalue weighted by Crippen LogP contribution is -2.35.